The number of nitrogens with one attached hydrogen (secondary N) is 4. The molecule has 4 aliphatic rings. The van der Waals surface area contributed by atoms with Crippen LogP contribution in [0.25, 0.3) is 16.0 Å². The number of ether oxygens (including phenoxy) is 2. The Hall–Kier alpha value is -7.78. The van der Waals surface area contributed by atoms with Gasteiger partial charge >= 0.3 is 5.51 Å². The molecule has 5 aromatic carbocycles. The molecule has 0 radical (unpaired) electrons. The van der Waals surface area contributed by atoms with E-state index >= 15 is 0 Å². The molecule has 3 fully saturated rings. The first-order chi connectivity index (χ1) is 53.7. The number of β-amino-alcohol motifs (C(OH)–C–C–N with tert-alkyl or cyclic N) is 1. The highest BCUT2D eigenvalue weighted by molar-refractivity contribution is 7.99. The van der Waals surface area contributed by atoms with Gasteiger partial charge in [0.25, 0.3) is 25.8 Å². The Morgan fingerprint density at radius 3 is 2.07 bits per heavy atom. The standard InChI is InChI=1S/C82H104ClF3N10O13S4/c1-56-75(111-55-88-56)59-18-16-57(17-19-59)51-87-78(102)71-48-66(98)53-96(71)79(103)76(80(2,3)4)90-73(99)31-28-65(97)12-10-44-108-46-47-109-45-11-15-74(100)95-42-36-92(37-43-95)35-33-63(54-110-67-13-8-7-9-14-67)89-70-30-29-68(49-72(70)112(104,105)82(84,85)86)113(106,107)91-77(101)60-22-26-64(27-23-60)94-40-38-93(39-41-94)52-61-50-81(5,6)34-32-69(61)58-20-24-62(83)25-21-58/h7-9,13-14,16-27,29-30,49,55,63,66,71,76,89,98H,10-12,15,28,31-48,50-54H2,1-6H3,(H,87,102)(H,90,99)(H,91,101)/t63-,66-,71+,76-/m1/s1. The Bertz CT molecular complexity index is 4520. The van der Waals surface area contributed by atoms with Gasteiger partial charge in [-0.15, -0.1) is 23.1 Å². The highest BCUT2D eigenvalue weighted by Gasteiger charge is 2.49. The van der Waals surface area contributed by atoms with E-state index in [9.17, 15) is 63.9 Å². The third-order valence-electron chi connectivity index (χ3n) is 20.9. The fourth-order valence-corrected chi connectivity index (χ4v) is 18.4. The molecule has 4 atom stereocenters. The number of alkyl halides is 3. The number of nitrogens with zero attached hydrogens (tertiary/aromatic N) is 6. The minimum atomic E-state index is -6.18. The summed E-state index contributed by atoms with van der Waals surface area (Å²) in [6.07, 6.45) is 3.58. The number of ketones is 1. The molecular formula is C82H104ClF3N10O13S4. The molecule has 5 amide bonds. The average Bonchev–Trinajstić information content (AvgIpc) is 1.43. The third kappa shape index (κ3) is 24.9. The van der Waals surface area contributed by atoms with Gasteiger partial charge in [0.1, 0.15) is 22.8 Å². The van der Waals surface area contributed by atoms with Gasteiger partial charge in [0, 0.05) is 157 Å². The Kier molecular flexibility index (Phi) is 30.8. The van der Waals surface area contributed by atoms with Crippen molar-refractivity contribution in [2.24, 2.45) is 10.8 Å². The summed E-state index contributed by atoms with van der Waals surface area (Å²) in [4.78, 5) is 94.5. The lowest BCUT2D eigenvalue weighted by atomic mass is 9.73. The first-order valence-electron chi connectivity index (χ1n) is 38.4. The summed E-state index contributed by atoms with van der Waals surface area (Å²) in [5, 5.41) is 20.1. The van der Waals surface area contributed by atoms with Crippen LogP contribution in [0.2, 0.25) is 5.02 Å². The highest BCUT2D eigenvalue weighted by atomic mass is 35.5. The number of anilines is 2. The van der Waals surface area contributed by atoms with Gasteiger partial charge in [-0.1, -0.05) is 106 Å². The molecule has 6 aromatic rings. The van der Waals surface area contributed by atoms with Crippen molar-refractivity contribution in [1.82, 2.24) is 39.9 Å². The summed E-state index contributed by atoms with van der Waals surface area (Å²) in [6, 6.07) is 31.0. The van der Waals surface area contributed by atoms with Gasteiger partial charge in [-0.05, 0) is 145 Å². The van der Waals surface area contributed by atoms with Crippen molar-refractivity contribution in [1.29, 1.82) is 0 Å². The molecule has 10 rings (SSSR count). The van der Waals surface area contributed by atoms with Gasteiger partial charge < -0.3 is 45.2 Å². The van der Waals surface area contributed by atoms with Crippen molar-refractivity contribution in [3.8, 4) is 10.4 Å². The maximum Gasteiger partial charge on any atom is 0.501 e. The van der Waals surface area contributed by atoms with Crippen LogP contribution in [-0.4, -0.2) is 216 Å². The Morgan fingerprint density at radius 1 is 0.770 bits per heavy atom. The summed E-state index contributed by atoms with van der Waals surface area (Å²) in [5.74, 6) is -2.42. The SMILES string of the molecule is Cc1ncsc1-c1ccc(CNC(=O)[C@@H]2C[C@@H](O)CN2C(=O)[C@@H](NC(=O)CCC(=O)CCCOCCOCCCC(=O)N2CCN(CC[C@H](CSc3ccccc3)Nc3ccc(S(=O)(=O)NC(=O)c4ccc(N5CCN(CC6=C(c7ccc(Cl)cc7)CCC(C)(C)C6)CC5)cc4)cc3S(=O)(=O)C(F)(F)F)CC2)C(C)(C)C)cc1. The monoisotopic (exact) mass is 1660 g/mol. The molecule has 23 nitrogen and oxygen atoms in total. The van der Waals surface area contributed by atoms with Crippen LogP contribution in [0.15, 0.2) is 147 Å². The van der Waals surface area contributed by atoms with Crippen molar-refractivity contribution in [2.75, 3.05) is 114 Å². The number of hydrogen-bond donors (Lipinski definition) is 5. The number of sulfone groups is 1. The van der Waals surface area contributed by atoms with E-state index in [1.807, 2.05) is 78.4 Å². The van der Waals surface area contributed by atoms with Crippen LogP contribution in [0.4, 0.5) is 24.5 Å². The lowest BCUT2D eigenvalue weighted by molar-refractivity contribution is -0.144. The maximum absolute atomic E-state index is 14.6. The van der Waals surface area contributed by atoms with Gasteiger partial charge in [-0.25, -0.2) is 26.5 Å². The number of hydrogen-bond acceptors (Lipinski definition) is 20. The zero-order valence-corrected chi connectivity index (χ0v) is 68.9. The van der Waals surface area contributed by atoms with Gasteiger partial charge in [0.2, 0.25) is 23.6 Å². The molecule has 0 bridgehead atoms. The van der Waals surface area contributed by atoms with Gasteiger partial charge in [0.05, 0.1) is 46.0 Å². The van der Waals surface area contributed by atoms with E-state index in [2.05, 4.69) is 61.6 Å². The second-order valence-corrected chi connectivity index (χ2v) is 37.1. The lowest BCUT2D eigenvalue weighted by Crippen LogP contribution is -2.57. The largest absolute Gasteiger partial charge is 0.501 e. The molecule has 31 heteroatoms. The molecule has 3 aliphatic heterocycles. The molecule has 1 aliphatic carbocycles. The number of sulfonamides is 1. The quantitative estimate of drug-likeness (QED) is 0.0180. The molecule has 0 unspecified atom stereocenters. The highest BCUT2D eigenvalue weighted by Crippen LogP contribution is 2.44. The number of Topliss-reactive ketones (excluding diaryl/α,β-unsaturated/α-hetero) is 1. The number of thioether (sulfide) groups is 1. The first-order valence-corrected chi connectivity index (χ1v) is 43.6. The van der Waals surface area contributed by atoms with Crippen LogP contribution in [0.5, 0.6) is 0 Å². The minimum Gasteiger partial charge on any atom is -0.391 e. The number of benzene rings is 5. The van der Waals surface area contributed by atoms with E-state index in [0.29, 0.717) is 82.8 Å². The van der Waals surface area contributed by atoms with E-state index in [1.165, 1.54) is 45.5 Å². The number of rotatable bonds is 36. The second kappa shape index (κ2) is 39.7. The zero-order valence-electron chi connectivity index (χ0n) is 64.9. The van der Waals surface area contributed by atoms with Crippen molar-refractivity contribution >= 4 is 107 Å². The summed E-state index contributed by atoms with van der Waals surface area (Å²) < 4.78 is 112. The number of aryl methyl sites for hydroxylation is 1. The number of halogens is 4. The van der Waals surface area contributed by atoms with Crippen LogP contribution < -0.4 is 25.6 Å². The molecule has 612 valence electrons. The number of allylic oxidation sites excluding steroid dienone is 1. The molecule has 5 N–H and O–H groups in total. The molecule has 3 saturated heterocycles. The van der Waals surface area contributed by atoms with Crippen LogP contribution in [0.3, 0.4) is 0 Å². The van der Waals surface area contributed by atoms with Gasteiger partial charge in [-0.2, -0.15) is 13.2 Å². The molecule has 113 heavy (non-hydrogen) atoms. The maximum atomic E-state index is 14.6. The predicted octanol–water partition coefficient (Wildman–Crippen LogP) is 11.8. The number of carbonyl (C=O) groups excluding carboxylic acids is 6. The van der Waals surface area contributed by atoms with Crippen LogP contribution in [-0.2, 0) is 59.9 Å². The predicted molar refractivity (Wildman–Crippen MR) is 434 cm³/mol. The van der Waals surface area contributed by atoms with Crippen molar-refractivity contribution in [3.05, 3.63) is 160 Å². The molecule has 0 saturated carbocycles. The molecular weight excluding hydrogens is 1550 g/mol. The number of aromatic nitrogens is 1. The smallest absolute Gasteiger partial charge is 0.391 e. The lowest BCUT2D eigenvalue weighted by Gasteiger charge is -2.39. The number of piperazine rings is 2. The van der Waals surface area contributed by atoms with Crippen LogP contribution in [0.1, 0.15) is 132 Å². The topological polar surface area (TPSA) is 287 Å². The number of amides is 5. The summed E-state index contributed by atoms with van der Waals surface area (Å²) in [7, 11) is -11.1. The number of thiazole rings is 1. The molecule has 1 aromatic heterocycles. The van der Waals surface area contributed by atoms with Crippen molar-refractivity contribution in [3.63, 3.8) is 0 Å². The van der Waals surface area contributed by atoms with Crippen molar-refractivity contribution in [2.45, 2.75) is 163 Å². The second-order valence-electron chi connectivity index (χ2n) is 31.2. The average molecular weight is 1660 g/mol. The number of likely N-dealkylation sites (tertiary alicyclic amines) is 1. The van der Waals surface area contributed by atoms with E-state index in [4.69, 9.17) is 21.1 Å². The fourth-order valence-electron chi connectivity index (χ4n) is 14.5. The first kappa shape index (κ1) is 87.6. The summed E-state index contributed by atoms with van der Waals surface area (Å²) in [5.41, 5.74) is 2.48. The fraction of sp³-hybridized carbons (Fsp3) is 0.500. The Balaban J connectivity index is 0.621. The summed E-state index contributed by atoms with van der Waals surface area (Å²) >= 11 is 9.17. The minimum absolute atomic E-state index is 0.0420. The van der Waals surface area contributed by atoms with Crippen LogP contribution >= 0.6 is 34.7 Å². The van der Waals surface area contributed by atoms with Crippen molar-refractivity contribution < 1.29 is 73.4 Å². The number of aliphatic hydroxyl groups excluding tert-OH is 1. The van der Waals surface area contributed by atoms with E-state index in [1.54, 1.807) is 54.7 Å². The summed E-state index contributed by atoms with van der Waals surface area (Å²) in [6.45, 7) is 19.2. The van der Waals surface area contributed by atoms with E-state index in [-0.39, 0.29) is 93.4 Å². The Labute approximate surface area is 674 Å². The van der Waals surface area contributed by atoms with E-state index in [0.717, 1.165) is 83.3 Å². The van der Waals surface area contributed by atoms with Gasteiger partial charge in [-0.3, -0.25) is 38.6 Å². The molecule has 4 heterocycles. The number of aliphatic hydroxyl groups is 1. The third-order valence-corrected chi connectivity index (χ3v) is 26.2. The normalized spacial score (nSPS) is 17.9. The zero-order chi connectivity index (χ0) is 81.3. The van der Waals surface area contributed by atoms with Gasteiger partial charge in [0.15, 0.2) is 0 Å². The van der Waals surface area contributed by atoms with Crippen LogP contribution in [0, 0.1) is 17.8 Å². The van der Waals surface area contributed by atoms with E-state index < -0.39 is 94.1 Å². The Morgan fingerprint density at radius 2 is 1.42 bits per heavy atom. The molecule has 0 spiro atoms. The number of carbonyl (C=O) groups is 6.